The van der Waals surface area contributed by atoms with E-state index in [2.05, 4.69) is 10.5 Å². The smallest absolute Gasteiger partial charge is 0.343 e. The molecule has 31 heavy (non-hydrogen) atoms. The Kier molecular flexibility index (Phi) is 7.24. The molecule has 0 heterocycles. The van der Waals surface area contributed by atoms with Gasteiger partial charge in [-0.1, -0.05) is 17.7 Å². The lowest BCUT2D eigenvalue weighted by Gasteiger charge is -2.10. The van der Waals surface area contributed by atoms with Crippen LogP contribution in [0.15, 0.2) is 71.8 Å². The van der Waals surface area contributed by atoms with Crippen LogP contribution in [0.2, 0.25) is 5.02 Å². The van der Waals surface area contributed by atoms with Crippen LogP contribution in [0.4, 0.5) is 0 Å². The van der Waals surface area contributed by atoms with Gasteiger partial charge in [0.05, 0.1) is 26.0 Å². The van der Waals surface area contributed by atoms with E-state index in [9.17, 15) is 9.59 Å². The first-order valence-corrected chi connectivity index (χ1v) is 9.51. The average molecular weight is 439 g/mol. The molecule has 3 aromatic carbocycles. The van der Waals surface area contributed by atoms with E-state index < -0.39 is 11.9 Å². The van der Waals surface area contributed by atoms with Crippen LogP contribution in [-0.2, 0) is 0 Å². The van der Waals surface area contributed by atoms with Gasteiger partial charge in [0.15, 0.2) is 11.5 Å². The molecule has 0 atom stereocenters. The van der Waals surface area contributed by atoms with Gasteiger partial charge in [-0.05, 0) is 66.2 Å². The van der Waals surface area contributed by atoms with Gasteiger partial charge in [-0.3, -0.25) is 4.79 Å². The van der Waals surface area contributed by atoms with Crippen LogP contribution in [0, 0.1) is 0 Å². The van der Waals surface area contributed by atoms with Gasteiger partial charge in [0.25, 0.3) is 5.91 Å². The number of methoxy groups -OCH3 is 2. The molecule has 0 aliphatic heterocycles. The molecule has 0 unspecified atom stereocenters. The largest absolute Gasteiger partial charge is 0.497 e. The van der Waals surface area contributed by atoms with Crippen LogP contribution in [-0.4, -0.2) is 32.3 Å². The summed E-state index contributed by atoms with van der Waals surface area (Å²) in [4.78, 5) is 24.6. The quantitative estimate of drug-likeness (QED) is 0.256. The third kappa shape index (κ3) is 5.83. The molecular weight excluding hydrogens is 420 g/mol. The number of esters is 1. The summed E-state index contributed by atoms with van der Waals surface area (Å²) in [5.74, 6) is 0.269. The Balaban J connectivity index is 1.71. The van der Waals surface area contributed by atoms with Gasteiger partial charge < -0.3 is 14.2 Å². The Labute approximate surface area is 184 Å². The molecule has 0 saturated heterocycles. The number of ether oxygens (including phenoxy) is 3. The Hall–Kier alpha value is -3.84. The van der Waals surface area contributed by atoms with E-state index in [4.69, 9.17) is 25.8 Å². The number of hydrogen-bond donors (Lipinski definition) is 1. The van der Waals surface area contributed by atoms with Crippen molar-refractivity contribution in [3.05, 3.63) is 88.4 Å². The van der Waals surface area contributed by atoms with Gasteiger partial charge in [0.2, 0.25) is 0 Å². The third-order valence-corrected chi connectivity index (χ3v) is 4.42. The number of carbonyl (C=O) groups excluding carboxylic acids is 2. The number of benzene rings is 3. The molecule has 8 heteroatoms. The van der Waals surface area contributed by atoms with Crippen molar-refractivity contribution in [3.8, 4) is 17.2 Å². The summed E-state index contributed by atoms with van der Waals surface area (Å²) >= 11 is 5.89. The van der Waals surface area contributed by atoms with Gasteiger partial charge in [-0.25, -0.2) is 10.2 Å². The summed E-state index contributed by atoms with van der Waals surface area (Å²) in [6, 6.07) is 18.0. The summed E-state index contributed by atoms with van der Waals surface area (Å²) in [5, 5.41) is 4.39. The van der Waals surface area contributed by atoms with Crippen molar-refractivity contribution in [3.63, 3.8) is 0 Å². The topological polar surface area (TPSA) is 86.2 Å². The maximum Gasteiger partial charge on any atom is 0.343 e. The van der Waals surface area contributed by atoms with E-state index in [0.29, 0.717) is 33.2 Å². The lowest BCUT2D eigenvalue weighted by atomic mass is 10.2. The van der Waals surface area contributed by atoms with Gasteiger partial charge in [0, 0.05) is 10.6 Å². The minimum Gasteiger partial charge on any atom is -0.497 e. The summed E-state index contributed by atoms with van der Waals surface area (Å²) in [6.45, 7) is 0. The highest BCUT2D eigenvalue weighted by atomic mass is 35.5. The van der Waals surface area contributed by atoms with Crippen LogP contribution in [0.5, 0.6) is 17.2 Å². The van der Waals surface area contributed by atoms with E-state index in [-0.39, 0.29) is 5.75 Å². The van der Waals surface area contributed by atoms with Crippen molar-refractivity contribution in [2.24, 2.45) is 5.10 Å². The van der Waals surface area contributed by atoms with Crippen LogP contribution in [0.3, 0.4) is 0 Å². The van der Waals surface area contributed by atoms with Crippen LogP contribution in [0.25, 0.3) is 0 Å². The normalized spacial score (nSPS) is 10.5. The second-order valence-corrected chi connectivity index (χ2v) is 6.67. The molecule has 0 aliphatic carbocycles. The molecule has 3 aromatic rings. The fraction of sp³-hybridized carbons (Fsp3) is 0.0870. The highest BCUT2D eigenvalue weighted by Crippen LogP contribution is 2.28. The van der Waals surface area contributed by atoms with Crippen LogP contribution < -0.4 is 19.6 Å². The highest BCUT2D eigenvalue weighted by molar-refractivity contribution is 6.30. The Morgan fingerprint density at radius 3 is 2.35 bits per heavy atom. The zero-order valence-corrected chi connectivity index (χ0v) is 17.6. The fourth-order valence-electron chi connectivity index (χ4n) is 2.60. The number of rotatable bonds is 7. The maximum absolute atomic E-state index is 12.5. The predicted molar refractivity (Wildman–Crippen MR) is 117 cm³/mol. The van der Waals surface area contributed by atoms with Crippen molar-refractivity contribution in [1.29, 1.82) is 0 Å². The second-order valence-electron chi connectivity index (χ2n) is 6.24. The van der Waals surface area contributed by atoms with Crippen LogP contribution >= 0.6 is 11.6 Å². The van der Waals surface area contributed by atoms with Gasteiger partial charge in [-0.15, -0.1) is 0 Å². The number of nitrogens with zero attached hydrogens (tertiary/aromatic N) is 1. The number of hydrogen-bond acceptors (Lipinski definition) is 6. The van der Waals surface area contributed by atoms with Gasteiger partial charge in [-0.2, -0.15) is 5.10 Å². The van der Waals surface area contributed by atoms with Crippen molar-refractivity contribution >= 4 is 29.7 Å². The SMILES string of the molecule is COc1ccc(C(=O)Oc2cc(/C=N\NC(=O)c3cccc(Cl)c3)ccc2OC)cc1. The first-order chi connectivity index (χ1) is 15.0. The summed E-state index contributed by atoms with van der Waals surface area (Å²) in [5.41, 5.74) is 3.75. The molecule has 7 nitrogen and oxygen atoms in total. The van der Waals surface area contributed by atoms with E-state index in [1.807, 2.05) is 0 Å². The number of nitrogens with one attached hydrogen (secondary N) is 1. The van der Waals surface area contributed by atoms with Crippen molar-refractivity contribution in [2.75, 3.05) is 14.2 Å². The number of hydrazone groups is 1. The molecule has 0 radical (unpaired) electrons. The standard InChI is InChI=1S/C23H19ClN2O5/c1-29-19-9-7-16(8-10-19)23(28)31-21-12-15(6-11-20(21)30-2)14-25-26-22(27)17-4-3-5-18(24)13-17/h3-14H,1-2H3,(H,26,27)/b25-14-. The van der Waals surface area contributed by atoms with Crippen molar-refractivity contribution in [2.45, 2.75) is 0 Å². The molecule has 0 bridgehead atoms. The van der Waals surface area contributed by atoms with E-state index in [1.165, 1.54) is 19.4 Å². The van der Waals surface area contributed by atoms with Crippen molar-refractivity contribution < 1.29 is 23.8 Å². The Morgan fingerprint density at radius 2 is 1.68 bits per heavy atom. The zero-order chi connectivity index (χ0) is 22.2. The Bertz CT molecular complexity index is 1110. The maximum atomic E-state index is 12.5. The lowest BCUT2D eigenvalue weighted by Crippen LogP contribution is -2.17. The summed E-state index contributed by atoms with van der Waals surface area (Å²) in [6.07, 6.45) is 1.42. The molecule has 0 aromatic heterocycles. The number of carbonyl (C=O) groups is 2. The highest BCUT2D eigenvalue weighted by Gasteiger charge is 2.13. The minimum atomic E-state index is -0.552. The fourth-order valence-corrected chi connectivity index (χ4v) is 2.79. The number of halogens is 1. The lowest BCUT2D eigenvalue weighted by molar-refractivity contribution is 0.0729. The first-order valence-electron chi connectivity index (χ1n) is 9.13. The second kappa shape index (κ2) is 10.3. The monoisotopic (exact) mass is 438 g/mol. The Morgan fingerprint density at radius 1 is 0.903 bits per heavy atom. The first kappa shape index (κ1) is 21.9. The van der Waals surface area contributed by atoms with E-state index >= 15 is 0 Å². The zero-order valence-electron chi connectivity index (χ0n) is 16.8. The predicted octanol–water partition coefficient (Wildman–Crippen LogP) is 4.34. The molecule has 0 aliphatic rings. The minimum absolute atomic E-state index is 0.216. The molecule has 3 rings (SSSR count). The average Bonchev–Trinajstić information content (AvgIpc) is 2.79. The summed E-state index contributed by atoms with van der Waals surface area (Å²) in [7, 11) is 3.02. The van der Waals surface area contributed by atoms with Crippen molar-refractivity contribution in [1.82, 2.24) is 5.43 Å². The molecule has 0 saturated carbocycles. The molecule has 1 amide bonds. The van der Waals surface area contributed by atoms with E-state index in [0.717, 1.165) is 0 Å². The van der Waals surface area contributed by atoms with Gasteiger partial charge >= 0.3 is 5.97 Å². The van der Waals surface area contributed by atoms with Gasteiger partial charge in [0.1, 0.15) is 5.75 Å². The molecule has 1 N–H and O–H groups in total. The molecule has 0 fully saturated rings. The molecular formula is C23H19ClN2O5. The van der Waals surface area contributed by atoms with Crippen LogP contribution in [0.1, 0.15) is 26.3 Å². The third-order valence-electron chi connectivity index (χ3n) is 4.18. The molecule has 158 valence electrons. The number of amides is 1. The summed E-state index contributed by atoms with van der Waals surface area (Å²) < 4.78 is 15.8. The molecule has 0 spiro atoms. The van der Waals surface area contributed by atoms with E-state index in [1.54, 1.807) is 67.8 Å².